The second-order valence-electron chi connectivity index (χ2n) is 9.83. The van der Waals surface area contributed by atoms with Crippen molar-refractivity contribution >= 4 is 39.9 Å². The van der Waals surface area contributed by atoms with Crippen LogP contribution in [0.2, 0.25) is 5.02 Å². The Morgan fingerprint density at radius 3 is 2.23 bits per heavy atom. The zero-order chi connectivity index (χ0) is 26.6. The lowest BCUT2D eigenvalue weighted by Crippen LogP contribution is -2.46. The summed E-state index contributed by atoms with van der Waals surface area (Å²) in [5, 5.41) is 0.653. The first kappa shape index (κ1) is 25.0. The number of hydrogen-bond acceptors (Lipinski definition) is 6. The van der Waals surface area contributed by atoms with Crippen LogP contribution in [0.1, 0.15) is 11.1 Å². The highest BCUT2D eigenvalue weighted by Gasteiger charge is 2.19. The monoisotopic (exact) mass is 533 g/mol. The number of anilines is 2. The highest BCUT2D eigenvalue weighted by molar-refractivity contribution is 6.30. The molecular formula is C32H28ClN5O. The first-order chi connectivity index (χ1) is 19.1. The Balaban J connectivity index is 1.13. The van der Waals surface area contributed by atoms with E-state index in [4.69, 9.17) is 16.6 Å². The third-order valence-electron chi connectivity index (χ3n) is 7.14. The summed E-state index contributed by atoms with van der Waals surface area (Å²) in [7, 11) is 0. The lowest BCUT2D eigenvalue weighted by Gasteiger charge is -2.36. The Labute approximate surface area is 232 Å². The SMILES string of the molecule is O=C(Cc1ccc(-c2ccc3ncc(N4CCN(c5ccncc5)CC4)nc3c2)cc1)Cc1cccc(Cl)c1. The summed E-state index contributed by atoms with van der Waals surface area (Å²) in [5.74, 6) is 1.07. The van der Waals surface area contributed by atoms with E-state index in [1.807, 2.05) is 61.1 Å². The van der Waals surface area contributed by atoms with Crippen molar-refractivity contribution in [3.8, 4) is 11.1 Å². The van der Waals surface area contributed by atoms with Gasteiger partial charge in [-0.3, -0.25) is 14.8 Å². The predicted octanol–water partition coefficient (Wildman–Crippen LogP) is 6.03. The lowest BCUT2D eigenvalue weighted by atomic mass is 9.99. The average molecular weight is 534 g/mol. The van der Waals surface area contributed by atoms with E-state index in [0.29, 0.717) is 17.9 Å². The summed E-state index contributed by atoms with van der Waals surface area (Å²) in [6.07, 6.45) is 6.33. The van der Waals surface area contributed by atoms with Crippen LogP contribution in [0.15, 0.2) is 97.5 Å². The number of pyridine rings is 1. The molecule has 7 heteroatoms. The first-order valence-electron chi connectivity index (χ1n) is 13.1. The van der Waals surface area contributed by atoms with E-state index < -0.39 is 0 Å². The van der Waals surface area contributed by atoms with Gasteiger partial charge in [0.15, 0.2) is 0 Å². The smallest absolute Gasteiger partial charge is 0.147 e. The number of rotatable bonds is 7. The van der Waals surface area contributed by atoms with Crippen LogP contribution in [0.25, 0.3) is 22.2 Å². The van der Waals surface area contributed by atoms with E-state index in [9.17, 15) is 4.79 Å². The molecule has 1 aliphatic heterocycles. The maximum atomic E-state index is 12.6. The highest BCUT2D eigenvalue weighted by atomic mass is 35.5. The van der Waals surface area contributed by atoms with E-state index in [1.165, 1.54) is 5.69 Å². The quantitative estimate of drug-likeness (QED) is 0.255. The molecule has 39 heavy (non-hydrogen) atoms. The molecule has 6 nitrogen and oxygen atoms in total. The Morgan fingerprint density at radius 2 is 1.46 bits per heavy atom. The van der Waals surface area contributed by atoms with Crippen LogP contribution in [-0.2, 0) is 17.6 Å². The van der Waals surface area contributed by atoms with Crippen molar-refractivity contribution in [2.45, 2.75) is 12.8 Å². The van der Waals surface area contributed by atoms with E-state index in [1.54, 1.807) is 0 Å². The van der Waals surface area contributed by atoms with Gasteiger partial charge in [-0.15, -0.1) is 0 Å². The van der Waals surface area contributed by atoms with Gasteiger partial charge in [-0.25, -0.2) is 4.98 Å². The number of Topliss-reactive ketones (excluding diaryl/α,β-unsaturated/α-hetero) is 1. The summed E-state index contributed by atoms with van der Waals surface area (Å²) < 4.78 is 0. The number of hydrogen-bond donors (Lipinski definition) is 0. The predicted molar refractivity (Wildman–Crippen MR) is 158 cm³/mol. The summed E-state index contributed by atoms with van der Waals surface area (Å²) >= 11 is 6.05. The van der Waals surface area contributed by atoms with Crippen molar-refractivity contribution in [1.29, 1.82) is 0 Å². The van der Waals surface area contributed by atoms with Gasteiger partial charge in [0.25, 0.3) is 0 Å². The fourth-order valence-electron chi connectivity index (χ4n) is 5.06. The molecule has 1 aliphatic rings. The summed E-state index contributed by atoms with van der Waals surface area (Å²) in [5.41, 5.74) is 7.06. The minimum atomic E-state index is 0.167. The van der Waals surface area contributed by atoms with Crippen molar-refractivity contribution in [2.24, 2.45) is 0 Å². The van der Waals surface area contributed by atoms with Gasteiger partial charge < -0.3 is 9.80 Å². The molecule has 0 unspecified atom stereocenters. The fourth-order valence-corrected chi connectivity index (χ4v) is 5.27. The summed E-state index contributed by atoms with van der Waals surface area (Å²) in [6, 6.07) is 26.0. The molecule has 0 bridgehead atoms. The molecule has 0 saturated carbocycles. The number of piperazine rings is 1. The molecule has 3 aromatic carbocycles. The maximum Gasteiger partial charge on any atom is 0.147 e. The number of benzene rings is 3. The molecule has 6 rings (SSSR count). The number of carbonyl (C=O) groups is 1. The van der Waals surface area contributed by atoms with Gasteiger partial charge in [0.1, 0.15) is 11.6 Å². The second kappa shape index (κ2) is 11.2. The summed E-state index contributed by atoms with van der Waals surface area (Å²) in [4.78, 5) is 31.0. The van der Waals surface area contributed by atoms with Crippen molar-refractivity contribution in [3.63, 3.8) is 0 Å². The van der Waals surface area contributed by atoms with Crippen LogP contribution < -0.4 is 9.80 Å². The van der Waals surface area contributed by atoms with Crippen LogP contribution in [0, 0.1) is 0 Å². The largest absolute Gasteiger partial charge is 0.368 e. The Hall–Kier alpha value is -4.29. The van der Waals surface area contributed by atoms with Gasteiger partial charge in [-0.1, -0.05) is 54.1 Å². The van der Waals surface area contributed by atoms with Crippen LogP contribution in [0.4, 0.5) is 11.5 Å². The molecule has 0 aliphatic carbocycles. The number of carbonyl (C=O) groups excluding carboxylic acids is 1. The Morgan fingerprint density at radius 1 is 0.744 bits per heavy atom. The molecule has 194 valence electrons. The number of aromatic nitrogens is 3. The number of nitrogens with zero attached hydrogens (tertiary/aromatic N) is 5. The molecule has 0 amide bonds. The van der Waals surface area contributed by atoms with Crippen LogP contribution >= 0.6 is 11.6 Å². The zero-order valence-corrected chi connectivity index (χ0v) is 22.3. The van der Waals surface area contributed by atoms with Crippen molar-refractivity contribution < 1.29 is 4.79 Å². The topological polar surface area (TPSA) is 62.2 Å². The molecule has 1 saturated heterocycles. The molecule has 0 radical (unpaired) electrons. The summed E-state index contributed by atoms with van der Waals surface area (Å²) in [6.45, 7) is 3.63. The molecule has 0 spiro atoms. The second-order valence-corrected chi connectivity index (χ2v) is 10.3. The van der Waals surface area contributed by atoms with Gasteiger partial charge >= 0.3 is 0 Å². The normalized spacial score (nSPS) is 13.6. The Bertz CT molecular complexity index is 1600. The molecule has 0 N–H and O–H groups in total. The van der Waals surface area contributed by atoms with Gasteiger partial charge in [-0.05, 0) is 58.7 Å². The molecule has 5 aromatic rings. The maximum absolute atomic E-state index is 12.6. The fraction of sp³-hybridized carbons (Fsp3) is 0.188. The van der Waals surface area contributed by atoms with Crippen molar-refractivity contribution in [1.82, 2.24) is 15.0 Å². The lowest BCUT2D eigenvalue weighted by molar-refractivity contribution is -0.117. The molecule has 3 heterocycles. The third kappa shape index (κ3) is 5.91. The number of ketones is 1. The number of fused-ring (bicyclic) bond motifs is 1. The van der Waals surface area contributed by atoms with Crippen molar-refractivity contribution in [3.05, 3.63) is 114 Å². The highest BCUT2D eigenvalue weighted by Crippen LogP contribution is 2.26. The van der Waals surface area contributed by atoms with Gasteiger partial charge in [-0.2, -0.15) is 0 Å². The van der Waals surface area contributed by atoms with E-state index >= 15 is 0 Å². The zero-order valence-electron chi connectivity index (χ0n) is 21.5. The third-order valence-corrected chi connectivity index (χ3v) is 7.38. The molecule has 2 aromatic heterocycles. The minimum absolute atomic E-state index is 0.167. The van der Waals surface area contributed by atoms with Gasteiger partial charge in [0.2, 0.25) is 0 Å². The van der Waals surface area contributed by atoms with Gasteiger partial charge in [0.05, 0.1) is 17.2 Å². The van der Waals surface area contributed by atoms with Crippen LogP contribution in [0.3, 0.4) is 0 Å². The molecule has 0 atom stereocenters. The number of halogens is 1. The van der Waals surface area contributed by atoms with Gasteiger partial charge in [0, 0.05) is 62.1 Å². The average Bonchev–Trinajstić information content (AvgIpc) is 2.97. The van der Waals surface area contributed by atoms with E-state index in [0.717, 1.165) is 65.3 Å². The molecule has 1 fully saturated rings. The Kier molecular flexibility index (Phi) is 7.19. The standard InChI is InChI=1S/C32H28ClN5O/c33-27-3-1-2-24(18-27)20-29(39)19-23-4-6-25(7-5-23)26-8-9-30-31(21-26)36-32(22-35-30)38-16-14-37(15-17-38)28-10-12-34-13-11-28/h1-13,18,21-22H,14-17,19-20H2. The van der Waals surface area contributed by atoms with Crippen LogP contribution in [0.5, 0.6) is 0 Å². The van der Waals surface area contributed by atoms with E-state index in [-0.39, 0.29) is 5.78 Å². The minimum Gasteiger partial charge on any atom is -0.368 e. The first-order valence-corrected chi connectivity index (χ1v) is 13.5. The van der Waals surface area contributed by atoms with Crippen molar-refractivity contribution in [2.75, 3.05) is 36.0 Å². The van der Waals surface area contributed by atoms with E-state index in [2.05, 4.69) is 56.2 Å². The molecular weight excluding hydrogens is 506 g/mol. The van der Waals surface area contributed by atoms with Crippen LogP contribution in [-0.4, -0.2) is 46.9 Å².